The molecule has 3 fully saturated rings. The average Bonchev–Trinajstić information content (AvgIpc) is 3.88. The Bertz CT molecular complexity index is 1870. The molecular weight excluding hydrogens is 637 g/mol. The lowest BCUT2D eigenvalue weighted by molar-refractivity contribution is -0.148. The van der Waals surface area contributed by atoms with Crippen LogP contribution in [0.4, 0.5) is 0 Å². The minimum atomic E-state index is -0.924. The van der Waals surface area contributed by atoms with Gasteiger partial charge < -0.3 is 19.8 Å². The fourth-order valence-corrected chi connectivity index (χ4v) is 10.3. The van der Waals surface area contributed by atoms with E-state index < -0.39 is 28.7 Å². The largest absolute Gasteiger partial charge is 0.394 e. The number of amides is 3. The van der Waals surface area contributed by atoms with Gasteiger partial charge in [0.05, 0.1) is 34.7 Å². The molecule has 4 aromatic rings. The molecule has 7 rings (SSSR count). The summed E-state index contributed by atoms with van der Waals surface area (Å²) < 4.78 is 0.827. The van der Waals surface area contributed by atoms with Crippen molar-refractivity contribution < 1.29 is 19.5 Å². The van der Waals surface area contributed by atoms with Crippen LogP contribution < -0.4 is 0 Å². The zero-order valence-corrected chi connectivity index (χ0v) is 28.1. The van der Waals surface area contributed by atoms with Gasteiger partial charge >= 0.3 is 0 Å². The molecule has 0 saturated carbocycles. The second kappa shape index (κ2) is 13.6. The molecule has 3 saturated heterocycles. The highest BCUT2D eigenvalue weighted by Crippen LogP contribution is 2.67. The van der Waals surface area contributed by atoms with Crippen LogP contribution in [0.25, 0.3) is 11.0 Å². The van der Waals surface area contributed by atoms with Gasteiger partial charge in [-0.15, -0.1) is 30.0 Å². The zero-order chi connectivity index (χ0) is 34.1. The summed E-state index contributed by atoms with van der Waals surface area (Å²) in [5, 5.41) is 19.4. The summed E-state index contributed by atoms with van der Waals surface area (Å²) in [6.45, 7) is 8.50. The average molecular weight is 677 g/mol. The number of hydrogen-bond acceptors (Lipinski definition) is 7. The number of hydrogen-bond donors (Lipinski definition) is 1. The first-order chi connectivity index (χ1) is 23.9. The maximum atomic E-state index is 15.1. The number of carbonyl (C=O) groups is 3. The number of aliphatic hydroxyl groups is 1. The molecular formula is C38H40N6O4S. The molecule has 11 heteroatoms. The second-order valence-electron chi connectivity index (χ2n) is 13.0. The van der Waals surface area contributed by atoms with E-state index in [0.717, 1.165) is 16.6 Å². The molecule has 2 bridgehead atoms. The number of thioether (sulfide) groups is 1. The van der Waals surface area contributed by atoms with Crippen LogP contribution in [0.15, 0.2) is 110 Å². The third kappa shape index (κ3) is 5.64. The van der Waals surface area contributed by atoms with Crippen molar-refractivity contribution in [3.05, 3.63) is 121 Å². The number of rotatable bonds is 13. The molecule has 3 aliphatic rings. The summed E-state index contributed by atoms with van der Waals surface area (Å²) >= 11 is 1.62. The van der Waals surface area contributed by atoms with Crippen LogP contribution >= 0.6 is 11.8 Å². The van der Waals surface area contributed by atoms with Gasteiger partial charge in [0.2, 0.25) is 17.7 Å². The second-order valence-corrected chi connectivity index (χ2v) is 14.6. The van der Waals surface area contributed by atoms with Crippen molar-refractivity contribution in [2.75, 3.05) is 19.7 Å². The van der Waals surface area contributed by atoms with Gasteiger partial charge in [0.15, 0.2) is 0 Å². The van der Waals surface area contributed by atoms with Gasteiger partial charge in [0.25, 0.3) is 0 Å². The van der Waals surface area contributed by atoms with Crippen LogP contribution in [0.5, 0.6) is 0 Å². The third-order valence-electron chi connectivity index (χ3n) is 10.2. The number of aliphatic hydroxyl groups excluding tert-OH is 1. The van der Waals surface area contributed by atoms with Gasteiger partial charge in [-0.2, -0.15) is 0 Å². The van der Waals surface area contributed by atoms with Crippen molar-refractivity contribution in [1.82, 2.24) is 29.7 Å². The van der Waals surface area contributed by atoms with E-state index in [-0.39, 0.29) is 42.8 Å². The van der Waals surface area contributed by atoms with E-state index in [4.69, 9.17) is 0 Å². The molecule has 1 N–H and O–H groups in total. The molecule has 1 spiro atoms. The van der Waals surface area contributed by atoms with E-state index in [0.29, 0.717) is 31.4 Å². The number of benzene rings is 3. The SMILES string of the molecule is C=CCN(Cn1nnc2ccccc21)C(=O)C1N([C@H](CO)c2ccccc2)C(=O)[C@@H]2[C@H](C(=O)N(CC=C)Cc3ccccc3)[C@@H]3CCC12S3. The highest BCUT2D eigenvalue weighted by molar-refractivity contribution is 8.02. The number of nitrogens with zero attached hydrogens (tertiary/aromatic N) is 6. The van der Waals surface area contributed by atoms with Crippen molar-refractivity contribution in [2.24, 2.45) is 11.8 Å². The van der Waals surface area contributed by atoms with Gasteiger partial charge in [0.1, 0.15) is 18.2 Å². The molecule has 4 heterocycles. The lowest BCUT2D eigenvalue weighted by Gasteiger charge is -2.39. The molecule has 2 unspecified atom stereocenters. The number of carbonyl (C=O) groups excluding carboxylic acids is 3. The van der Waals surface area contributed by atoms with Crippen LogP contribution in [-0.4, -0.2) is 88.3 Å². The molecule has 6 atom stereocenters. The monoisotopic (exact) mass is 676 g/mol. The minimum absolute atomic E-state index is 0.0976. The summed E-state index contributed by atoms with van der Waals surface area (Å²) in [6.07, 6.45) is 4.69. The van der Waals surface area contributed by atoms with E-state index >= 15 is 4.79 Å². The van der Waals surface area contributed by atoms with Crippen LogP contribution in [0.2, 0.25) is 0 Å². The maximum Gasteiger partial charge on any atom is 0.248 e. The third-order valence-corrected chi connectivity index (χ3v) is 12.2. The van der Waals surface area contributed by atoms with E-state index in [2.05, 4.69) is 23.5 Å². The van der Waals surface area contributed by atoms with Crippen molar-refractivity contribution in [1.29, 1.82) is 0 Å². The summed E-state index contributed by atoms with van der Waals surface area (Å²) in [4.78, 5) is 49.7. The van der Waals surface area contributed by atoms with Crippen LogP contribution in [0, 0.1) is 11.8 Å². The normalized spacial score (nSPS) is 24.5. The lowest BCUT2D eigenvalue weighted by atomic mass is 9.70. The Morgan fingerprint density at radius 1 is 0.959 bits per heavy atom. The number of aromatic nitrogens is 3. The predicted molar refractivity (Wildman–Crippen MR) is 189 cm³/mol. The smallest absolute Gasteiger partial charge is 0.248 e. The van der Waals surface area contributed by atoms with Crippen molar-refractivity contribution in [3.8, 4) is 0 Å². The van der Waals surface area contributed by atoms with Crippen molar-refractivity contribution >= 4 is 40.5 Å². The summed E-state index contributed by atoms with van der Waals surface area (Å²) in [7, 11) is 0. The van der Waals surface area contributed by atoms with Crippen LogP contribution in [0.3, 0.4) is 0 Å². The van der Waals surface area contributed by atoms with Crippen LogP contribution in [-0.2, 0) is 27.6 Å². The summed E-state index contributed by atoms with van der Waals surface area (Å²) in [5.41, 5.74) is 3.20. The summed E-state index contributed by atoms with van der Waals surface area (Å²) in [6, 6.07) is 25.0. The Morgan fingerprint density at radius 3 is 2.35 bits per heavy atom. The Morgan fingerprint density at radius 2 is 1.63 bits per heavy atom. The quantitative estimate of drug-likeness (QED) is 0.209. The van der Waals surface area contributed by atoms with Gasteiger partial charge in [0, 0.05) is 24.9 Å². The molecule has 0 radical (unpaired) electrons. The highest BCUT2D eigenvalue weighted by Gasteiger charge is 2.74. The van der Waals surface area contributed by atoms with Gasteiger partial charge in [-0.3, -0.25) is 14.4 Å². The first-order valence-electron chi connectivity index (χ1n) is 16.7. The molecule has 10 nitrogen and oxygen atoms in total. The van der Waals surface area contributed by atoms with Crippen LogP contribution in [0.1, 0.15) is 30.0 Å². The summed E-state index contributed by atoms with van der Waals surface area (Å²) in [5.74, 6) is -1.98. The van der Waals surface area contributed by atoms with Gasteiger partial charge in [-0.25, -0.2) is 4.68 Å². The first kappa shape index (κ1) is 32.8. The van der Waals surface area contributed by atoms with E-state index in [1.54, 1.807) is 43.3 Å². The molecule has 252 valence electrons. The van der Waals surface area contributed by atoms with Gasteiger partial charge in [-0.1, -0.05) is 90.2 Å². The standard InChI is InChI=1S/C38H40N6O4S/c1-3-21-41(23-26-13-7-5-8-14-26)35(46)32-31-19-20-38(49-31)33(32)36(47)44(30(24-45)27-15-9-6-10-16-27)34(38)37(48)42(22-4-2)25-43-29-18-12-11-17-28(29)39-40-43/h3-18,30-34,45H,1-2,19-25H2/t30-,31+,32-,33+,34?,38?/m1/s1. The number of fused-ring (bicyclic) bond motifs is 2. The van der Waals surface area contributed by atoms with Crippen molar-refractivity contribution in [2.45, 2.75) is 48.1 Å². The van der Waals surface area contributed by atoms with E-state index in [1.807, 2.05) is 84.9 Å². The predicted octanol–water partition coefficient (Wildman–Crippen LogP) is 4.44. The maximum absolute atomic E-state index is 15.1. The molecule has 49 heavy (non-hydrogen) atoms. The first-order valence-corrected chi connectivity index (χ1v) is 17.6. The molecule has 0 aliphatic carbocycles. The van der Waals surface area contributed by atoms with Crippen molar-refractivity contribution in [3.63, 3.8) is 0 Å². The fraction of sp³-hybridized carbons (Fsp3) is 0.342. The highest BCUT2D eigenvalue weighted by atomic mass is 32.2. The number of para-hydroxylation sites is 1. The Labute approximate surface area is 290 Å². The van der Waals surface area contributed by atoms with E-state index in [1.165, 1.54) is 0 Å². The topological polar surface area (TPSA) is 112 Å². The molecule has 3 aliphatic heterocycles. The lowest BCUT2D eigenvalue weighted by Crippen LogP contribution is -2.56. The Kier molecular flexibility index (Phi) is 9.13. The molecule has 1 aromatic heterocycles. The zero-order valence-electron chi connectivity index (χ0n) is 27.3. The molecule has 3 amide bonds. The van der Waals surface area contributed by atoms with Gasteiger partial charge in [-0.05, 0) is 36.1 Å². The Balaban J connectivity index is 1.29. The number of likely N-dealkylation sites (tertiary alicyclic amines) is 1. The Hall–Kier alpha value is -4.74. The fourth-order valence-electron chi connectivity index (χ4n) is 8.15. The molecule has 3 aromatic carbocycles. The minimum Gasteiger partial charge on any atom is -0.394 e. The van der Waals surface area contributed by atoms with E-state index in [9.17, 15) is 14.7 Å².